The summed E-state index contributed by atoms with van der Waals surface area (Å²) in [4.78, 5) is 29.3. The van der Waals surface area contributed by atoms with E-state index in [4.69, 9.17) is 36.7 Å². The van der Waals surface area contributed by atoms with E-state index in [0.717, 1.165) is 0 Å². The average Bonchev–Trinajstić information content (AvgIpc) is 1.12. The van der Waals surface area contributed by atoms with Crippen molar-refractivity contribution in [3.63, 3.8) is 0 Å². The first-order valence-corrected chi connectivity index (χ1v) is 4.78. The average molecular weight is 330 g/mol. The van der Waals surface area contributed by atoms with Crippen molar-refractivity contribution in [3.05, 3.63) is 0 Å². The van der Waals surface area contributed by atoms with E-state index in [9.17, 15) is 0 Å². The van der Waals surface area contributed by atoms with Crippen LogP contribution in [0.1, 0.15) is 0 Å². The normalized spacial score (nSPS) is 8.43. The molecule has 14 heteroatoms. The molecule has 0 aliphatic carbocycles. The van der Waals surface area contributed by atoms with Gasteiger partial charge in [-0.25, -0.2) is 0 Å². The maximum absolute atomic E-state index is 8.74. The molecule has 0 spiro atoms. The van der Waals surface area contributed by atoms with Crippen molar-refractivity contribution in [2.24, 2.45) is 0 Å². The number of hydrogen-bond donors (Lipinski definition) is 6. The predicted molar refractivity (Wildman–Crippen MR) is 61.6 cm³/mol. The first-order chi connectivity index (χ1) is 4.00. The predicted octanol–water partition coefficient (Wildman–Crippen LogP) is -6.66. The van der Waals surface area contributed by atoms with Crippen LogP contribution < -0.4 is 0 Å². The molecule has 0 saturated carbocycles. The van der Waals surface area contributed by atoms with Gasteiger partial charge in [-0.3, -0.25) is 9.11 Å². The molecule has 0 amide bonds. The van der Waals surface area contributed by atoms with Crippen LogP contribution in [0.15, 0.2) is 0 Å². The quantitative estimate of drug-likeness (QED) is 0.189. The van der Waals surface area contributed by atoms with Crippen molar-refractivity contribution in [3.8, 4) is 0 Å². The summed E-state index contributed by atoms with van der Waals surface area (Å²) in [5.41, 5.74) is 0. The molecular weight excluding hydrogens is 317 g/mol. The molecule has 0 unspecified atom stereocenters. The Morgan fingerprint density at radius 2 is 0.929 bits per heavy atom. The monoisotopic (exact) mass is 330 g/mol. The van der Waals surface area contributed by atoms with Crippen molar-refractivity contribution in [1.82, 2.24) is 0 Å². The molecule has 0 radical (unpaired) electrons. The van der Waals surface area contributed by atoms with E-state index in [1.54, 1.807) is 0 Å². The van der Waals surface area contributed by atoms with Gasteiger partial charge in [0.25, 0.3) is 0 Å². The van der Waals surface area contributed by atoms with E-state index in [1.165, 1.54) is 0 Å². The van der Waals surface area contributed by atoms with Crippen LogP contribution in [0.2, 0.25) is 0 Å². The molecule has 0 aliphatic heterocycles. The molecule has 0 aromatic heterocycles. The molecule has 0 heterocycles. The number of hydrogen-bond acceptors (Lipinski definition) is 6. The van der Waals surface area contributed by atoms with Crippen LogP contribution in [0.25, 0.3) is 0 Å². The van der Waals surface area contributed by atoms with Gasteiger partial charge in [-0.05, 0) is 0 Å². The molecule has 0 fully saturated rings. The van der Waals surface area contributed by atoms with Crippen molar-refractivity contribution in [1.29, 1.82) is 0 Å². The summed E-state index contributed by atoms with van der Waals surface area (Å²) in [5.74, 6) is 0. The Morgan fingerprint density at radius 1 is 0.929 bits per heavy atom. The molecule has 0 aromatic carbocycles. The van der Waals surface area contributed by atoms with Crippen molar-refractivity contribution >= 4 is 155 Å². The molecule has 8 nitrogen and oxygen atoms in total. The van der Waals surface area contributed by atoms with Gasteiger partial charge in [0.05, 0.1) is 0 Å². The summed E-state index contributed by atoms with van der Waals surface area (Å²) in [6.45, 7) is 0. The fourth-order valence-electron chi connectivity index (χ4n) is 0. The summed E-state index contributed by atoms with van der Waals surface area (Å²) < 4.78 is 31.6. The van der Waals surface area contributed by atoms with Crippen LogP contribution in [0, 0.1) is 0 Å². The zero-order valence-electron chi connectivity index (χ0n) is 4.41. The topological polar surface area (TPSA) is 156 Å². The zero-order valence-corrected chi connectivity index (χ0v) is 6.22. The third kappa shape index (κ3) is 203. The molecule has 0 rings (SSSR count). The van der Waals surface area contributed by atoms with Crippen molar-refractivity contribution in [2.75, 3.05) is 0 Å². The Hall–Kier alpha value is 4.36. The Morgan fingerprint density at radius 3 is 0.929 bits per heavy atom. The maximum atomic E-state index is 8.74. The van der Waals surface area contributed by atoms with Gasteiger partial charge >= 0.3 is 138 Å². The van der Waals surface area contributed by atoms with Crippen LogP contribution in [0.5, 0.6) is 0 Å². The van der Waals surface area contributed by atoms with E-state index in [1.807, 2.05) is 0 Å². The van der Waals surface area contributed by atoms with Crippen LogP contribution >= 0.6 is 0 Å². The molecule has 0 aromatic rings. The van der Waals surface area contributed by atoms with Gasteiger partial charge in [-0.2, -0.15) is 8.42 Å². The van der Waals surface area contributed by atoms with Crippen LogP contribution in [-0.2, 0) is 10.4 Å². The van der Waals surface area contributed by atoms with Crippen molar-refractivity contribution < 1.29 is 36.7 Å². The zero-order chi connectivity index (χ0) is 9.00. The minimum atomic E-state index is -4.67. The first-order valence-electron chi connectivity index (χ1n) is 1.59. The first kappa shape index (κ1) is 36.2. The molecule has 0 atom stereocenters. The summed E-state index contributed by atoms with van der Waals surface area (Å²) in [7, 11) is -9.28. The van der Waals surface area contributed by atoms with E-state index >= 15 is 0 Å². The van der Waals surface area contributed by atoms with Crippen molar-refractivity contribution in [2.45, 2.75) is 0 Å². The standard InChI is InChI=1S/Al.Ca.K.Na.H2O4S.H4O4Si.7H/c;;;;2*1-5(2,3)4;;;;;;;/h;;;;(H2,1,2,3,4);1-4H;;;;;;;. The molecule has 14 heavy (non-hydrogen) atoms. The third-order valence-electron chi connectivity index (χ3n) is 0. The fourth-order valence-corrected chi connectivity index (χ4v) is 0. The van der Waals surface area contributed by atoms with Gasteiger partial charge in [-0.1, -0.05) is 0 Å². The number of rotatable bonds is 0. The molecule has 78 valence electrons. The summed E-state index contributed by atoms with van der Waals surface area (Å²) in [6, 6.07) is 0. The van der Waals surface area contributed by atoms with Crippen LogP contribution in [0.3, 0.4) is 0 Å². The Kier molecular flexibility index (Phi) is 44.9. The second-order valence-electron chi connectivity index (χ2n) is 1.05. The molecule has 6 N–H and O–H groups in total. The van der Waals surface area contributed by atoms with Gasteiger partial charge in [0, 0.05) is 0 Å². The Balaban J connectivity index is -0.0000000178. The van der Waals surface area contributed by atoms with Crippen LogP contribution in [-0.4, -0.2) is 182 Å². The van der Waals surface area contributed by atoms with E-state index in [-0.39, 0.29) is 136 Å². The van der Waals surface area contributed by atoms with Crippen LogP contribution in [0.4, 0.5) is 0 Å². The SMILES string of the molecule is O=S(=O)(O)O.O[Si](O)(O)O.[AlH3].[CaH2].[KH].[NaH]. The third-order valence-corrected chi connectivity index (χ3v) is 0. The molecule has 0 bridgehead atoms. The van der Waals surface area contributed by atoms with Gasteiger partial charge in [-0.15, -0.1) is 0 Å². The van der Waals surface area contributed by atoms with E-state index < -0.39 is 19.4 Å². The fraction of sp³-hybridized carbons (Fsp3) is 0. The van der Waals surface area contributed by atoms with Gasteiger partial charge < -0.3 is 19.2 Å². The summed E-state index contributed by atoms with van der Waals surface area (Å²) >= 11 is 0. The van der Waals surface area contributed by atoms with Gasteiger partial charge in [0.15, 0.2) is 17.4 Å². The molecular formula is H13AlCaKNaO8SSi. The van der Waals surface area contributed by atoms with Gasteiger partial charge in [0.1, 0.15) is 0 Å². The Labute approximate surface area is 187 Å². The Bertz CT molecular complexity index is 164. The molecule has 0 saturated heterocycles. The van der Waals surface area contributed by atoms with Gasteiger partial charge in [0.2, 0.25) is 0 Å². The van der Waals surface area contributed by atoms with E-state index in [0.29, 0.717) is 0 Å². The second-order valence-corrected chi connectivity index (χ2v) is 3.14. The minimum absolute atomic E-state index is 0. The molecule has 0 aliphatic rings. The summed E-state index contributed by atoms with van der Waals surface area (Å²) in [5, 5.41) is 0. The van der Waals surface area contributed by atoms with E-state index in [2.05, 4.69) is 0 Å². The summed E-state index contributed by atoms with van der Waals surface area (Å²) in [6.07, 6.45) is 0. The second kappa shape index (κ2) is 17.4.